The Kier molecular flexibility index (Phi) is 5.68. The molecule has 0 aliphatic carbocycles. The molecule has 0 aliphatic heterocycles. The molecule has 0 aliphatic rings. The number of rotatable bonds is 4. The predicted molar refractivity (Wildman–Crippen MR) is 74.9 cm³/mol. The van der Waals surface area contributed by atoms with Crippen molar-refractivity contribution in [3.8, 4) is 0 Å². The molecular formula is C9H24IN3Sn. The van der Waals surface area contributed by atoms with Crippen molar-refractivity contribution in [2.24, 2.45) is 0 Å². The Hall–Kier alpha value is 1.41. The minimum absolute atomic E-state index is 0.336. The van der Waals surface area contributed by atoms with Gasteiger partial charge in [0, 0.05) is 0 Å². The second kappa shape index (κ2) is 5.16. The maximum absolute atomic E-state index is 2.61. The fraction of sp³-hybridized carbons (Fsp3) is 1.00. The summed E-state index contributed by atoms with van der Waals surface area (Å²) in [7, 11) is 13.3. The van der Waals surface area contributed by atoms with Gasteiger partial charge in [0.1, 0.15) is 0 Å². The van der Waals surface area contributed by atoms with Crippen molar-refractivity contribution in [3.63, 3.8) is 0 Å². The number of alkyl halides is 1. The van der Waals surface area contributed by atoms with E-state index in [1.54, 1.807) is 0 Å². The van der Waals surface area contributed by atoms with Crippen molar-refractivity contribution in [2.75, 3.05) is 42.3 Å². The van der Waals surface area contributed by atoms with Crippen molar-refractivity contribution in [1.29, 1.82) is 0 Å². The Morgan fingerprint density at radius 2 is 1.00 bits per heavy atom. The molecule has 0 aromatic carbocycles. The normalized spacial score (nSPS) is 14.6. The Labute approximate surface area is 108 Å². The van der Waals surface area contributed by atoms with E-state index < -0.39 is 19.2 Å². The Morgan fingerprint density at radius 1 is 0.786 bits per heavy atom. The first-order valence-corrected chi connectivity index (χ1v) is 11.1. The molecule has 0 bridgehead atoms. The molecular weight excluding hydrogens is 396 g/mol. The first-order chi connectivity index (χ1) is 6.08. The Bertz CT molecular complexity index is 165. The zero-order valence-corrected chi connectivity index (χ0v) is 15.7. The average Bonchev–Trinajstić information content (AvgIpc) is 1.79. The molecule has 86 valence electrons. The van der Waals surface area contributed by atoms with Gasteiger partial charge < -0.3 is 0 Å². The quantitative estimate of drug-likeness (QED) is 0.387. The molecule has 0 aromatic heterocycles. The predicted octanol–water partition coefficient (Wildman–Crippen LogP) is 1.36. The standard InChI is InChI=1S/C3H6I.3C2H6N.Sn/c1-3(2)4;3*1-3-2;/h1-2H3;3*1-2H3;/q;3*-1;+3. The molecule has 0 saturated heterocycles. The van der Waals surface area contributed by atoms with Crippen LogP contribution in [-0.2, 0) is 0 Å². The summed E-state index contributed by atoms with van der Waals surface area (Å²) in [6.45, 7) is 4.70. The van der Waals surface area contributed by atoms with Gasteiger partial charge in [-0.1, -0.05) is 0 Å². The van der Waals surface area contributed by atoms with Gasteiger partial charge in [-0.15, -0.1) is 0 Å². The second-order valence-corrected chi connectivity index (χ2v) is 25.2. The molecule has 0 amide bonds. The zero-order valence-electron chi connectivity index (χ0n) is 10.7. The third kappa shape index (κ3) is 2.56. The van der Waals surface area contributed by atoms with Crippen LogP contribution in [0.4, 0.5) is 0 Å². The summed E-state index contributed by atoms with van der Waals surface area (Å²) in [5, 5.41) is 0. The van der Waals surface area contributed by atoms with E-state index in [0.717, 1.165) is 0 Å². The van der Waals surface area contributed by atoms with Gasteiger partial charge in [-0.05, 0) is 0 Å². The maximum atomic E-state index is 2.61. The summed E-state index contributed by atoms with van der Waals surface area (Å²) >= 11 is 0.00963. The van der Waals surface area contributed by atoms with E-state index in [4.69, 9.17) is 0 Å². The molecule has 0 atom stereocenters. The van der Waals surface area contributed by atoms with Crippen LogP contribution in [0.15, 0.2) is 0 Å². The van der Waals surface area contributed by atoms with Crippen LogP contribution in [0.5, 0.6) is 0 Å². The van der Waals surface area contributed by atoms with Crippen LogP contribution in [0.2, 0.25) is 0 Å². The molecule has 0 fully saturated rings. The molecule has 0 saturated carbocycles. The van der Waals surface area contributed by atoms with Gasteiger partial charge in [-0.3, -0.25) is 0 Å². The van der Waals surface area contributed by atoms with E-state index in [9.17, 15) is 0 Å². The molecule has 0 spiro atoms. The van der Waals surface area contributed by atoms with Gasteiger partial charge in [0.2, 0.25) is 0 Å². The van der Waals surface area contributed by atoms with Crippen LogP contribution in [0.1, 0.15) is 13.8 Å². The van der Waals surface area contributed by atoms with Crippen LogP contribution < -0.4 is 0 Å². The zero-order chi connectivity index (χ0) is 11.7. The van der Waals surface area contributed by atoms with E-state index in [1.165, 1.54) is 0 Å². The average molecular weight is 420 g/mol. The summed E-state index contributed by atoms with van der Waals surface area (Å²) in [6.07, 6.45) is 0. The van der Waals surface area contributed by atoms with Crippen LogP contribution in [-0.4, -0.2) is 72.3 Å². The van der Waals surface area contributed by atoms with E-state index in [-0.39, 0.29) is 0 Å². The van der Waals surface area contributed by atoms with Gasteiger partial charge in [0.05, 0.1) is 0 Å². The SMILES string of the molecule is C[N](C)[Sn]([N](C)C)([N](C)C)[C](C)(C)I. The molecule has 14 heavy (non-hydrogen) atoms. The molecule has 0 N–H and O–H groups in total. The van der Waals surface area contributed by atoms with Crippen LogP contribution in [0.3, 0.4) is 0 Å². The Morgan fingerprint density at radius 3 is 1.00 bits per heavy atom. The van der Waals surface area contributed by atoms with Crippen LogP contribution >= 0.6 is 22.6 Å². The number of hydrogen-bond acceptors (Lipinski definition) is 3. The summed E-state index contributed by atoms with van der Waals surface area (Å²) in [5.41, 5.74) is 0. The molecule has 0 aromatic rings. The molecule has 0 radical (unpaired) electrons. The number of halogens is 1. The van der Waals surface area contributed by atoms with Gasteiger partial charge in [0.15, 0.2) is 0 Å². The number of nitrogens with zero attached hydrogens (tertiary/aromatic N) is 3. The molecule has 5 heteroatoms. The topological polar surface area (TPSA) is 9.72 Å². The third-order valence-electron chi connectivity index (χ3n) is 2.67. The van der Waals surface area contributed by atoms with Crippen molar-refractivity contribution in [3.05, 3.63) is 0 Å². The summed E-state index contributed by atoms with van der Waals surface area (Å²) in [4.78, 5) is 0. The third-order valence-corrected chi connectivity index (χ3v) is 22.8. The van der Waals surface area contributed by atoms with E-state index in [2.05, 4.69) is 88.1 Å². The monoisotopic (exact) mass is 421 g/mol. The van der Waals surface area contributed by atoms with Crippen molar-refractivity contribution >= 4 is 41.8 Å². The van der Waals surface area contributed by atoms with E-state index >= 15 is 0 Å². The number of hydrogen-bond donors (Lipinski definition) is 0. The molecule has 3 nitrogen and oxygen atoms in total. The van der Waals surface area contributed by atoms with E-state index in [0.29, 0.717) is 1.44 Å². The van der Waals surface area contributed by atoms with Crippen LogP contribution in [0.25, 0.3) is 0 Å². The first kappa shape index (κ1) is 15.4. The van der Waals surface area contributed by atoms with Crippen LogP contribution in [0, 0.1) is 0 Å². The summed E-state index contributed by atoms with van der Waals surface area (Å²) in [5.74, 6) is 0. The van der Waals surface area contributed by atoms with Crippen molar-refractivity contribution in [1.82, 2.24) is 9.36 Å². The summed E-state index contributed by atoms with van der Waals surface area (Å²) in [6, 6.07) is 0. The first-order valence-electron chi connectivity index (χ1n) is 4.79. The van der Waals surface area contributed by atoms with Crippen molar-refractivity contribution in [2.45, 2.75) is 15.3 Å². The fourth-order valence-corrected chi connectivity index (χ4v) is 28.5. The molecule has 0 heterocycles. The molecule has 0 unspecified atom stereocenters. The second-order valence-electron chi connectivity index (χ2n) is 4.79. The van der Waals surface area contributed by atoms with Crippen molar-refractivity contribution < 1.29 is 0 Å². The summed E-state index contributed by atoms with van der Waals surface area (Å²) < 4.78 is 7.76. The van der Waals surface area contributed by atoms with Gasteiger partial charge in [-0.2, -0.15) is 0 Å². The van der Waals surface area contributed by atoms with Gasteiger partial charge >= 0.3 is 109 Å². The van der Waals surface area contributed by atoms with E-state index in [1.807, 2.05) is 0 Å². The van der Waals surface area contributed by atoms with Gasteiger partial charge in [-0.25, -0.2) is 0 Å². The molecule has 0 rings (SSSR count). The van der Waals surface area contributed by atoms with Gasteiger partial charge in [0.25, 0.3) is 0 Å². The fourth-order valence-electron chi connectivity index (χ4n) is 2.80. The minimum atomic E-state index is -2.60. The Balaban J connectivity index is 5.40.